The van der Waals surface area contributed by atoms with Crippen molar-refractivity contribution >= 4 is 5.78 Å². The summed E-state index contributed by atoms with van der Waals surface area (Å²) in [4.78, 5) is 12.8. The van der Waals surface area contributed by atoms with Crippen LogP contribution in [0, 0.1) is 28.1 Å². The summed E-state index contributed by atoms with van der Waals surface area (Å²) >= 11 is 0. The maximum absolute atomic E-state index is 12.8. The molecule has 2 saturated carbocycles. The van der Waals surface area contributed by atoms with Gasteiger partial charge >= 0.3 is 0 Å². The number of hydrogen-bond donors (Lipinski definition) is 1. The van der Waals surface area contributed by atoms with Crippen molar-refractivity contribution in [1.29, 1.82) is 0 Å². The maximum Gasteiger partial charge on any atom is 0.159 e. The zero-order valence-corrected chi connectivity index (χ0v) is 14.5. The molecule has 0 radical (unpaired) electrons. The molecule has 0 amide bonds. The summed E-state index contributed by atoms with van der Waals surface area (Å²) in [6.07, 6.45) is 8.38. The van der Waals surface area contributed by atoms with Crippen molar-refractivity contribution in [2.75, 3.05) is 0 Å². The largest absolute Gasteiger partial charge is 0.392 e. The highest BCUT2D eigenvalue weighted by atomic mass is 16.3. The molecule has 3 aliphatic carbocycles. The summed E-state index contributed by atoms with van der Waals surface area (Å²) in [5.41, 5.74) is 0.877. The lowest BCUT2D eigenvalue weighted by molar-refractivity contribution is -0.133. The fourth-order valence-corrected chi connectivity index (χ4v) is 5.63. The molecular weight excluding hydrogens is 272 g/mol. The third-order valence-electron chi connectivity index (χ3n) is 7.24. The van der Waals surface area contributed by atoms with E-state index in [0.29, 0.717) is 24.5 Å². The normalized spacial score (nSPS) is 47.2. The Balaban J connectivity index is 2.08. The summed E-state index contributed by atoms with van der Waals surface area (Å²) in [5.74, 6) is 0.951. The van der Waals surface area contributed by atoms with E-state index in [9.17, 15) is 9.90 Å². The molecule has 0 aromatic carbocycles. The Morgan fingerprint density at radius 1 is 1.27 bits per heavy atom. The van der Waals surface area contributed by atoms with Crippen LogP contribution >= 0.6 is 0 Å². The van der Waals surface area contributed by atoms with E-state index >= 15 is 0 Å². The molecule has 1 N–H and O–H groups in total. The second kappa shape index (κ2) is 4.80. The molecular formula is C20H30O2. The minimum absolute atomic E-state index is 0.144. The molecule has 0 aromatic rings. The average molecular weight is 302 g/mol. The van der Waals surface area contributed by atoms with Crippen LogP contribution in [-0.2, 0) is 4.79 Å². The van der Waals surface area contributed by atoms with Gasteiger partial charge in [0.15, 0.2) is 5.78 Å². The summed E-state index contributed by atoms with van der Waals surface area (Å²) in [6, 6.07) is 0. The second-order valence-electron chi connectivity index (χ2n) is 9.00. The minimum Gasteiger partial charge on any atom is -0.392 e. The van der Waals surface area contributed by atoms with Crippen LogP contribution in [0.15, 0.2) is 24.3 Å². The van der Waals surface area contributed by atoms with Crippen molar-refractivity contribution < 1.29 is 9.90 Å². The number of carbonyl (C=O) groups excluding carboxylic acids is 1. The Labute approximate surface area is 134 Å². The Bertz CT molecular complexity index is 544. The zero-order chi connectivity index (χ0) is 16.3. The molecule has 5 unspecified atom stereocenters. The topological polar surface area (TPSA) is 37.3 Å². The average Bonchev–Trinajstić information content (AvgIpc) is 2.44. The first-order valence-electron chi connectivity index (χ1n) is 8.72. The van der Waals surface area contributed by atoms with E-state index in [0.717, 1.165) is 5.57 Å². The van der Waals surface area contributed by atoms with Gasteiger partial charge in [-0.15, -0.1) is 6.58 Å². The van der Waals surface area contributed by atoms with E-state index in [4.69, 9.17) is 0 Å². The van der Waals surface area contributed by atoms with Crippen LogP contribution in [0.3, 0.4) is 0 Å². The van der Waals surface area contributed by atoms with Crippen molar-refractivity contribution in [3.8, 4) is 0 Å². The Hall–Kier alpha value is -0.890. The summed E-state index contributed by atoms with van der Waals surface area (Å²) in [7, 11) is 0. The quantitative estimate of drug-likeness (QED) is 0.734. The van der Waals surface area contributed by atoms with Gasteiger partial charge in [0.1, 0.15) is 0 Å². The number of ketones is 1. The van der Waals surface area contributed by atoms with Crippen molar-refractivity contribution in [3.63, 3.8) is 0 Å². The lowest BCUT2D eigenvalue weighted by Crippen LogP contribution is -2.55. The van der Waals surface area contributed by atoms with Crippen LogP contribution in [0.2, 0.25) is 0 Å². The van der Waals surface area contributed by atoms with E-state index in [2.05, 4.69) is 27.4 Å². The maximum atomic E-state index is 12.8. The van der Waals surface area contributed by atoms with Crippen LogP contribution in [0.5, 0.6) is 0 Å². The molecule has 0 heterocycles. The molecule has 0 aliphatic heterocycles. The number of carbonyl (C=O) groups is 1. The number of allylic oxidation sites excluding steroid dienone is 1. The van der Waals surface area contributed by atoms with E-state index in [1.165, 1.54) is 19.3 Å². The van der Waals surface area contributed by atoms with E-state index in [1.807, 2.05) is 13.0 Å². The summed E-state index contributed by atoms with van der Waals surface area (Å²) in [5, 5.41) is 10.7. The van der Waals surface area contributed by atoms with Crippen LogP contribution < -0.4 is 0 Å². The molecule has 2 heteroatoms. The molecule has 22 heavy (non-hydrogen) atoms. The molecule has 3 aliphatic rings. The standard InChI is InChI=1S/C20H30O2/c1-6-19(4)12-13-14(10-17(19)22)20(5)9-7-8-18(2,3)16(20)11-15(13)21/h6,12,14,16-17,22H,1,7-11H2,2-5H3. The first-order chi connectivity index (χ1) is 10.1. The van der Waals surface area contributed by atoms with E-state index in [-0.39, 0.29) is 16.7 Å². The van der Waals surface area contributed by atoms with Crippen molar-refractivity contribution in [3.05, 3.63) is 24.3 Å². The van der Waals surface area contributed by atoms with Crippen molar-refractivity contribution in [2.45, 2.75) is 65.9 Å². The zero-order valence-electron chi connectivity index (χ0n) is 14.5. The lowest BCUT2D eigenvalue weighted by Gasteiger charge is -2.59. The number of hydrogen-bond acceptors (Lipinski definition) is 2. The van der Waals surface area contributed by atoms with Gasteiger partial charge in [-0.25, -0.2) is 0 Å². The van der Waals surface area contributed by atoms with Gasteiger partial charge in [0, 0.05) is 11.8 Å². The van der Waals surface area contributed by atoms with Crippen molar-refractivity contribution in [2.24, 2.45) is 28.1 Å². The van der Waals surface area contributed by atoms with E-state index in [1.54, 1.807) is 6.08 Å². The second-order valence-corrected chi connectivity index (χ2v) is 9.00. The number of fused-ring (bicyclic) bond motifs is 3. The number of Topliss-reactive ketones (excluding diaryl/α,β-unsaturated/α-hetero) is 1. The van der Waals surface area contributed by atoms with Gasteiger partial charge in [-0.2, -0.15) is 0 Å². The molecule has 0 spiro atoms. The van der Waals surface area contributed by atoms with Gasteiger partial charge < -0.3 is 5.11 Å². The lowest BCUT2D eigenvalue weighted by atomic mass is 9.45. The summed E-state index contributed by atoms with van der Waals surface area (Å²) < 4.78 is 0. The minimum atomic E-state index is -0.463. The molecule has 3 rings (SSSR count). The number of aliphatic hydroxyl groups excluding tert-OH is 1. The summed E-state index contributed by atoms with van der Waals surface area (Å²) in [6.45, 7) is 12.9. The molecule has 0 aromatic heterocycles. The highest BCUT2D eigenvalue weighted by Gasteiger charge is 2.57. The monoisotopic (exact) mass is 302 g/mol. The smallest absolute Gasteiger partial charge is 0.159 e. The van der Waals surface area contributed by atoms with Gasteiger partial charge in [0.2, 0.25) is 0 Å². The number of aliphatic hydroxyl groups is 1. The predicted molar refractivity (Wildman–Crippen MR) is 89.4 cm³/mol. The first-order valence-corrected chi connectivity index (χ1v) is 8.72. The molecule has 0 saturated heterocycles. The van der Waals surface area contributed by atoms with Crippen LogP contribution in [0.1, 0.15) is 59.8 Å². The molecule has 5 atom stereocenters. The van der Waals surface area contributed by atoms with Gasteiger partial charge in [-0.05, 0) is 47.5 Å². The first kappa shape index (κ1) is 16.0. The fourth-order valence-electron chi connectivity index (χ4n) is 5.63. The Kier molecular flexibility index (Phi) is 3.49. The third-order valence-corrected chi connectivity index (χ3v) is 7.24. The molecule has 122 valence electrons. The SMILES string of the molecule is C=CC1(C)C=C2C(=O)CC3C(C)(C)CCCC3(C)C2CC1O. The molecule has 2 fully saturated rings. The molecule has 0 bridgehead atoms. The number of rotatable bonds is 1. The van der Waals surface area contributed by atoms with Gasteiger partial charge in [0.05, 0.1) is 6.10 Å². The third kappa shape index (κ3) is 2.06. The Morgan fingerprint density at radius 3 is 2.59 bits per heavy atom. The van der Waals surface area contributed by atoms with E-state index < -0.39 is 11.5 Å². The Morgan fingerprint density at radius 2 is 1.95 bits per heavy atom. The van der Waals surface area contributed by atoms with Crippen molar-refractivity contribution in [1.82, 2.24) is 0 Å². The fraction of sp³-hybridized carbons (Fsp3) is 0.750. The highest BCUT2D eigenvalue weighted by molar-refractivity contribution is 5.97. The van der Waals surface area contributed by atoms with Gasteiger partial charge in [0.25, 0.3) is 0 Å². The van der Waals surface area contributed by atoms with Crippen LogP contribution in [-0.4, -0.2) is 17.0 Å². The molecule has 2 nitrogen and oxygen atoms in total. The van der Waals surface area contributed by atoms with Gasteiger partial charge in [-0.3, -0.25) is 4.79 Å². The van der Waals surface area contributed by atoms with Gasteiger partial charge in [-0.1, -0.05) is 46.3 Å². The van der Waals surface area contributed by atoms with Crippen LogP contribution in [0.4, 0.5) is 0 Å². The highest BCUT2D eigenvalue weighted by Crippen LogP contribution is 2.62. The van der Waals surface area contributed by atoms with Crippen LogP contribution in [0.25, 0.3) is 0 Å². The predicted octanol–water partition coefficient (Wildman–Crippen LogP) is 4.29.